The molecule has 18 heavy (non-hydrogen) atoms. The maximum atomic E-state index is 12.6. The maximum Gasteiger partial charge on any atom is 0.231 e. The number of carbonyl (C=O) groups excluding carboxylic acids is 1. The highest BCUT2D eigenvalue weighted by molar-refractivity contribution is 5.83. The lowest BCUT2D eigenvalue weighted by atomic mass is 9.79. The molecule has 0 bridgehead atoms. The van der Waals surface area contributed by atoms with Crippen LogP contribution in [0.5, 0.6) is 0 Å². The third-order valence-corrected chi connectivity index (χ3v) is 4.62. The van der Waals surface area contributed by atoms with Gasteiger partial charge in [0, 0.05) is 26.1 Å². The summed E-state index contributed by atoms with van der Waals surface area (Å²) < 4.78 is 10.9. The third-order valence-electron chi connectivity index (χ3n) is 4.62. The van der Waals surface area contributed by atoms with Gasteiger partial charge >= 0.3 is 0 Å². The van der Waals surface area contributed by atoms with Gasteiger partial charge in [0.1, 0.15) is 5.72 Å². The standard InChI is InChI=1S/C13H21NO4/c1-12(2)14-9(8-18-12)7-10(11(14)15)13(16)3-5-17-6-4-13/h9-10,16H,3-8H2,1-2H3/t9-,10+/m0/s1. The molecule has 0 spiro atoms. The molecule has 0 aliphatic carbocycles. The zero-order valence-electron chi connectivity index (χ0n) is 11.0. The fourth-order valence-corrected chi connectivity index (χ4v) is 3.57. The van der Waals surface area contributed by atoms with Crippen LogP contribution in [0.1, 0.15) is 33.1 Å². The molecule has 5 nitrogen and oxygen atoms in total. The first-order valence-electron chi connectivity index (χ1n) is 6.71. The molecule has 3 fully saturated rings. The summed E-state index contributed by atoms with van der Waals surface area (Å²) in [4.78, 5) is 14.4. The smallest absolute Gasteiger partial charge is 0.231 e. The topological polar surface area (TPSA) is 59.0 Å². The number of hydrogen-bond donors (Lipinski definition) is 1. The Balaban J connectivity index is 1.82. The van der Waals surface area contributed by atoms with Crippen molar-refractivity contribution >= 4 is 5.91 Å². The molecule has 0 aromatic carbocycles. The van der Waals surface area contributed by atoms with Crippen LogP contribution in [0.15, 0.2) is 0 Å². The number of ether oxygens (including phenoxy) is 2. The van der Waals surface area contributed by atoms with Crippen LogP contribution in [0.25, 0.3) is 0 Å². The number of fused-ring (bicyclic) bond motifs is 1. The van der Waals surface area contributed by atoms with Crippen LogP contribution in [-0.4, -0.2) is 53.1 Å². The Morgan fingerprint density at radius 3 is 2.61 bits per heavy atom. The van der Waals surface area contributed by atoms with E-state index in [4.69, 9.17) is 9.47 Å². The quantitative estimate of drug-likeness (QED) is 0.742. The summed E-state index contributed by atoms with van der Waals surface area (Å²) in [5.41, 5.74) is -1.41. The number of carbonyl (C=O) groups is 1. The minimum absolute atomic E-state index is 0.0481. The lowest BCUT2D eigenvalue weighted by molar-refractivity contribution is -0.158. The second-order valence-corrected chi connectivity index (χ2v) is 6.12. The molecule has 0 saturated carbocycles. The van der Waals surface area contributed by atoms with Gasteiger partial charge in [-0.05, 0) is 20.3 Å². The highest BCUT2D eigenvalue weighted by Crippen LogP contribution is 2.44. The SMILES string of the molecule is CC1(C)OC[C@@H]2C[C@@H](C3(O)CCOCC3)C(=O)N21. The molecule has 2 atom stereocenters. The molecule has 0 aromatic rings. The van der Waals surface area contributed by atoms with Gasteiger partial charge in [0.15, 0.2) is 0 Å². The molecule has 0 radical (unpaired) electrons. The van der Waals surface area contributed by atoms with Gasteiger partial charge in [0.05, 0.1) is 24.2 Å². The van der Waals surface area contributed by atoms with Crippen molar-refractivity contribution in [1.29, 1.82) is 0 Å². The highest BCUT2D eigenvalue weighted by atomic mass is 16.5. The summed E-state index contributed by atoms with van der Waals surface area (Å²) in [5.74, 6) is -0.235. The second kappa shape index (κ2) is 3.92. The normalized spacial score (nSPS) is 37.9. The lowest BCUT2D eigenvalue weighted by Crippen LogP contribution is -2.50. The van der Waals surface area contributed by atoms with E-state index in [1.165, 1.54) is 0 Å². The maximum absolute atomic E-state index is 12.6. The fraction of sp³-hybridized carbons (Fsp3) is 0.923. The number of nitrogens with zero attached hydrogens (tertiary/aromatic N) is 1. The average molecular weight is 255 g/mol. The minimum atomic E-state index is -0.879. The number of amides is 1. The van der Waals surface area contributed by atoms with Crippen molar-refractivity contribution in [2.45, 2.75) is 50.5 Å². The lowest BCUT2D eigenvalue weighted by Gasteiger charge is -2.37. The Morgan fingerprint density at radius 2 is 2.00 bits per heavy atom. The van der Waals surface area contributed by atoms with E-state index in [0.717, 1.165) is 0 Å². The van der Waals surface area contributed by atoms with Crippen LogP contribution in [-0.2, 0) is 14.3 Å². The van der Waals surface area contributed by atoms with E-state index in [9.17, 15) is 9.90 Å². The molecule has 3 aliphatic heterocycles. The molecule has 3 heterocycles. The third kappa shape index (κ3) is 1.68. The predicted molar refractivity (Wildman–Crippen MR) is 63.8 cm³/mol. The van der Waals surface area contributed by atoms with Crippen molar-refractivity contribution < 1.29 is 19.4 Å². The molecule has 5 heteroatoms. The van der Waals surface area contributed by atoms with Crippen molar-refractivity contribution in [3.05, 3.63) is 0 Å². The number of rotatable bonds is 1. The van der Waals surface area contributed by atoms with Crippen LogP contribution >= 0.6 is 0 Å². The van der Waals surface area contributed by atoms with Crippen LogP contribution in [0.3, 0.4) is 0 Å². The van der Waals surface area contributed by atoms with Crippen LogP contribution in [0.2, 0.25) is 0 Å². The Kier molecular flexibility index (Phi) is 2.70. The molecule has 1 N–H and O–H groups in total. The molecule has 3 aliphatic rings. The van der Waals surface area contributed by atoms with Crippen LogP contribution in [0, 0.1) is 5.92 Å². The van der Waals surface area contributed by atoms with E-state index in [-0.39, 0.29) is 17.9 Å². The zero-order chi connectivity index (χ0) is 13.0. The molecule has 3 rings (SSSR count). The summed E-state index contributed by atoms with van der Waals surface area (Å²) >= 11 is 0. The number of aliphatic hydroxyl groups is 1. The molecular weight excluding hydrogens is 234 g/mol. The monoisotopic (exact) mass is 255 g/mol. The average Bonchev–Trinajstić information content (AvgIpc) is 2.80. The van der Waals surface area contributed by atoms with E-state index in [0.29, 0.717) is 39.1 Å². The van der Waals surface area contributed by atoms with Crippen molar-refractivity contribution in [3.63, 3.8) is 0 Å². The summed E-state index contributed by atoms with van der Waals surface area (Å²) in [6.07, 6.45) is 1.83. The van der Waals surface area contributed by atoms with E-state index < -0.39 is 11.3 Å². The van der Waals surface area contributed by atoms with E-state index in [1.807, 2.05) is 18.7 Å². The van der Waals surface area contributed by atoms with Crippen LogP contribution < -0.4 is 0 Å². The highest BCUT2D eigenvalue weighted by Gasteiger charge is 2.57. The first-order chi connectivity index (χ1) is 8.44. The van der Waals surface area contributed by atoms with Gasteiger partial charge in [-0.2, -0.15) is 0 Å². The summed E-state index contributed by atoms with van der Waals surface area (Å²) in [7, 11) is 0. The van der Waals surface area contributed by atoms with Crippen LogP contribution in [0.4, 0.5) is 0 Å². The molecule has 102 valence electrons. The zero-order valence-corrected chi connectivity index (χ0v) is 11.0. The van der Waals surface area contributed by atoms with E-state index in [2.05, 4.69) is 0 Å². The first-order valence-corrected chi connectivity index (χ1v) is 6.71. The number of hydrogen-bond acceptors (Lipinski definition) is 4. The molecular formula is C13H21NO4. The Hall–Kier alpha value is -0.650. The second-order valence-electron chi connectivity index (χ2n) is 6.12. The van der Waals surface area contributed by atoms with Crippen molar-refractivity contribution in [2.75, 3.05) is 19.8 Å². The van der Waals surface area contributed by atoms with E-state index >= 15 is 0 Å². The molecule has 0 unspecified atom stereocenters. The fourth-order valence-electron chi connectivity index (χ4n) is 3.57. The van der Waals surface area contributed by atoms with Crippen molar-refractivity contribution in [2.24, 2.45) is 5.92 Å². The largest absolute Gasteiger partial charge is 0.389 e. The minimum Gasteiger partial charge on any atom is -0.389 e. The first kappa shape index (κ1) is 12.4. The van der Waals surface area contributed by atoms with Gasteiger partial charge in [-0.3, -0.25) is 4.79 Å². The Morgan fingerprint density at radius 1 is 1.33 bits per heavy atom. The van der Waals surface area contributed by atoms with Gasteiger partial charge in [0.2, 0.25) is 5.91 Å². The van der Waals surface area contributed by atoms with Gasteiger partial charge in [-0.25, -0.2) is 0 Å². The Labute approximate surface area is 107 Å². The summed E-state index contributed by atoms with van der Waals surface area (Å²) in [5, 5.41) is 10.7. The summed E-state index contributed by atoms with van der Waals surface area (Å²) in [6.45, 7) is 5.51. The van der Waals surface area contributed by atoms with Crippen molar-refractivity contribution in [3.8, 4) is 0 Å². The molecule has 1 amide bonds. The van der Waals surface area contributed by atoms with Gasteiger partial charge < -0.3 is 19.5 Å². The van der Waals surface area contributed by atoms with Crippen molar-refractivity contribution in [1.82, 2.24) is 4.90 Å². The van der Waals surface area contributed by atoms with Gasteiger partial charge in [0.25, 0.3) is 0 Å². The summed E-state index contributed by atoms with van der Waals surface area (Å²) in [6, 6.07) is 0.129. The predicted octanol–water partition coefficient (Wildman–Crippen LogP) is 0.511. The van der Waals surface area contributed by atoms with Gasteiger partial charge in [-0.15, -0.1) is 0 Å². The molecule has 3 saturated heterocycles. The Bertz CT molecular complexity index is 362. The van der Waals surface area contributed by atoms with E-state index in [1.54, 1.807) is 0 Å². The molecule has 0 aromatic heterocycles. The van der Waals surface area contributed by atoms with Gasteiger partial charge in [-0.1, -0.05) is 0 Å².